The minimum absolute atomic E-state index is 0.427. The third-order valence-electron chi connectivity index (χ3n) is 2.71. The molecule has 0 fully saturated rings. The van der Waals surface area contributed by atoms with Gasteiger partial charge in [0, 0.05) is 0 Å². The number of benzene rings is 2. The van der Waals surface area contributed by atoms with Gasteiger partial charge in [-0.05, 0) is 18.2 Å². The Morgan fingerprint density at radius 2 is 1.47 bits per heavy atom. The second kappa shape index (κ2) is 4.05. The lowest BCUT2D eigenvalue weighted by atomic mass is 9.78. The summed E-state index contributed by atoms with van der Waals surface area (Å²) in [5.41, 5.74) is 0.895. The highest BCUT2D eigenvalue weighted by atomic mass is 16.6. The predicted molar refractivity (Wildman–Crippen MR) is 66.1 cm³/mol. The molecule has 0 saturated heterocycles. The SMILES string of the molecule is COc1ccccc1B1Oc2ccccc2O1. The number of ether oxygens (including phenoxy) is 1. The van der Waals surface area contributed by atoms with Crippen molar-refractivity contribution in [3.8, 4) is 17.2 Å². The summed E-state index contributed by atoms with van der Waals surface area (Å²) in [5.74, 6) is 2.30. The Morgan fingerprint density at radius 1 is 0.882 bits per heavy atom. The molecule has 0 aliphatic carbocycles. The number of methoxy groups -OCH3 is 1. The lowest BCUT2D eigenvalue weighted by Gasteiger charge is -2.09. The van der Waals surface area contributed by atoms with Crippen LogP contribution < -0.4 is 19.5 Å². The molecule has 84 valence electrons. The van der Waals surface area contributed by atoms with E-state index in [1.54, 1.807) is 7.11 Å². The van der Waals surface area contributed by atoms with Crippen molar-refractivity contribution in [3.63, 3.8) is 0 Å². The van der Waals surface area contributed by atoms with Crippen molar-refractivity contribution < 1.29 is 14.0 Å². The van der Waals surface area contributed by atoms with Crippen molar-refractivity contribution in [3.05, 3.63) is 48.5 Å². The van der Waals surface area contributed by atoms with Crippen molar-refractivity contribution >= 4 is 12.6 Å². The molecule has 4 heteroatoms. The molecular weight excluding hydrogens is 215 g/mol. The average Bonchev–Trinajstić information content (AvgIpc) is 2.82. The number of rotatable bonds is 2. The minimum atomic E-state index is -0.427. The Balaban J connectivity index is 1.94. The van der Waals surface area contributed by atoms with E-state index in [1.165, 1.54) is 0 Å². The highest BCUT2D eigenvalue weighted by Gasteiger charge is 2.35. The Labute approximate surface area is 100 Å². The molecular formula is C13H11BO3. The van der Waals surface area contributed by atoms with Crippen LogP contribution in [-0.2, 0) is 0 Å². The topological polar surface area (TPSA) is 27.7 Å². The van der Waals surface area contributed by atoms with Gasteiger partial charge >= 0.3 is 7.12 Å². The summed E-state index contributed by atoms with van der Waals surface area (Å²) >= 11 is 0. The van der Waals surface area contributed by atoms with E-state index in [-0.39, 0.29) is 0 Å². The molecule has 2 aromatic rings. The van der Waals surface area contributed by atoms with Gasteiger partial charge in [-0.3, -0.25) is 0 Å². The van der Waals surface area contributed by atoms with Crippen LogP contribution in [0.25, 0.3) is 0 Å². The second-order valence-corrected chi connectivity index (χ2v) is 3.76. The molecule has 17 heavy (non-hydrogen) atoms. The largest absolute Gasteiger partial charge is 0.636 e. The number of hydrogen-bond acceptors (Lipinski definition) is 3. The molecule has 0 spiro atoms. The van der Waals surface area contributed by atoms with Crippen LogP contribution >= 0.6 is 0 Å². The number of fused-ring (bicyclic) bond motifs is 1. The Bertz CT molecular complexity index is 517. The highest BCUT2D eigenvalue weighted by molar-refractivity contribution is 6.64. The van der Waals surface area contributed by atoms with Gasteiger partial charge in [0.2, 0.25) is 0 Å². The van der Waals surface area contributed by atoms with Gasteiger partial charge in [0.05, 0.1) is 12.6 Å². The number of para-hydroxylation sites is 3. The summed E-state index contributed by atoms with van der Waals surface area (Å²) in [5, 5.41) is 0. The lowest BCUT2D eigenvalue weighted by molar-refractivity contribution is 0.415. The first-order valence-electron chi connectivity index (χ1n) is 5.44. The molecule has 0 saturated carbocycles. The van der Waals surface area contributed by atoms with E-state index in [1.807, 2.05) is 48.5 Å². The molecule has 1 aliphatic rings. The Morgan fingerprint density at radius 3 is 2.12 bits per heavy atom. The highest BCUT2D eigenvalue weighted by Crippen LogP contribution is 2.32. The van der Waals surface area contributed by atoms with Crippen molar-refractivity contribution in [2.24, 2.45) is 0 Å². The van der Waals surface area contributed by atoms with Crippen molar-refractivity contribution in [2.75, 3.05) is 7.11 Å². The van der Waals surface area contributed by atoms with E-state index in [9.17, 15) is 0 Å². The molecule has 0 amide bonds. The van der Waals surface area contributed by atoms with Gasteiger partial charge in [-0.1, -0.05) is 30.3 Å². The van der Waals surface area contributed by atoms with E-state index in [4.69, 9.17) is 14.0 Å². The van der Waals surface area contributed by atoms with Gasteiger partial charge in [0.25, 0.3) is 0 Å². The molecule has 0 atom stereocenters. The molecule has 3 nitrogen and oxygen atoms in total. The third kappa shape index (κ3) is 1.71. The molecule has 2 aromatic carbocycles. The van der Waals surface area contributed by atoms with Crippen LogP contribution in [0.3, 0.4) is 0 Å². The molecule has 1 heterocycles. The molecule has 0 bridgehead atoms. The van der Waals surface area contributed by atoms with E-state index >= 15 is 0 Å². The summed E-state index contributed by atoms with van der Waals surface area (Å²) in [7, 11) is 1.21. The monoisotopic (exact) mass is 226 g/mol. The van der Waals surface area contributed by atoms with Crippen molar-refractivity contribution in [2.45, 2.75) is 0 Å². The average molecular weight is 226 g/mol. The van der Waals surface area contributed by atoms with E-state index < -0.39 is 7.12 Å². The standard InChI is InChI=1S/C13H11BO3/c1-15-11-7-3-2-6-10(11)14-16-12-8-4-5-9-13(12)17-14/h2-9H,1H3. The van der Waals surface area contributed by atoms with Crippen LogP contribution in [0.5, 0.6) is 17.2 Å². The predicted octanol–water partition coefficient (Wildman–Crippen LogP) is 1.86. The van der Waals surface area contributed by atoms with Gasteiger partial charge in [0.1, 0.15) is 17.2 Å². The first-order valence-corrected chi connectivity index (χ1v) is 5.44. The molecule has 1 aliphatic heterocycles. The smallest absolute Gasteiger partial charge is 0.519 e. The van der Waals surface area contributed by atoms with Gasteiger partial charge in [0.15, 0.2) is 0 Å². The van der Waals surface area contributed by atoms with Crippen LogP contribution in [0.2, 0.25) is 0 Å². The summed E-state index contributed by atoms with van der Waals surface area (Å²) in [6, 6.07) is 15.3. The van der Waals surface area contributed by atoms with E-state index in [0.717, 1.165) is 22.7 Å². The van der Waals surface area contributed by atoms with Crippen molar-refractivity contribution in [1.82, 2.24) is 0 Å². The first-order chi connectivity index (χ1) is 8.38. The van der Waals surface area contributed by atoms with Gasteiger partial charge in [-0.2, -0.15) is 0 Å². The van der Waals surface area contributed by atoms with E-state index in [2.05, 4.69) is 0 Å². The van der Waals surface area contributed by atoms with Crippen LogP contribution in [0.1, 0.15) is 0 Å². The fraction of sp³-hybridized carbons (Fsp3) is 0.0769. The maximum atomic E-state index is 5.73. The summed E-state index contributed by atoms with van der Waals surface area (Å²) in [6.45, 7) is 0. The first kappa shape index (κ1) is 10.1. The van der Waals surface area contributed by atoms with Crippen LogP contribution in [0.15, 0.2) is 48.5 Å². The zero-order valence-corrected chi connectivity index (χ0v) is 9.42. The van der Waals surface area contributed by atoms with Crippen LogP contribution in [0, 0.1) is 0 Å². The third-order valence-corrected chi connectivity index (χ3v) is 2.71. The summed E-state index contributed by atoms with van der Waals surface area (Å²) in [6.07, 6.45) is 0. The van der Waals surface area contributed by atoms with Crippen LogP contribution in [-0.4, -0.2) is 14.2 Å². The Hall–Kier alpha value is -2.10. The normalized spacial score (nSPS) is 12.6. The summed E-state index contributed by atoms with van der Waals surface area (Å²) < 4.78 is 16.8. The maximum absolute atomic E-state index is 5.73. The second-order valence-electron chi connectivity index (χ2n) is 3.76. The zero-order valence-electron chi connectivity index (χ0n) is 9.42. The molecule has 0 N–H and O–H groups in total. The lowest BCUT2D eigenvalue weighted by Crippen LogP contribution is -2.39. The minimum Gasteiger partial charge on any atom is -0.519 e. The fourth-order valence-corrected chi connectivity index (χ4v) is 1.89. The maximum Gasteiger partial charge on any atom is 0.636 e. The summed E-state index contributed by atoms with van der Waals surface area (Å²) in [4.78, 5) is 0. The van der Waals surface area contributed by atoms with Crippen LogP contribution in [0.4, 0.5) is 0 Å². The number of hydrogen-bond donors (Lipinski definition) is 0. The molecule has 0 aromatic heterocycles. The molecule has 0 radical (unpaired) electrons. The fourth-order valence-electron chi connectivity index (χ4n) is 1.89. The Kier molecular flexibility index (Phi) is 2.40. The van der Waals surface area contributed by atoms with Gasteiger partial charge in [-0.25, -0.2) is 0 Å². The molecule has 0 unspecified atom stereocenters. The quantitative estimate of drug-likeness (QED) is 0.731. The van der Waals surface area contributed by atoms with Crippen molar-refractivity contribution in [1.29, 1.82) is 0 Å². The van der Waals surface area contributed by atoms with Gasteiger partial charge in [-0.15, -0.1) is 0 Å². The van der Waals surface area contributed by atoms with Gasteiger partial charge < -0.3 is 14.0 Å². The zero-order chi connectivity index (χ0) is 11.7. The molecule has 3 rings (SSSR count). The van der Waals surface area contributed by atoms with E-state index in [0.29, 0.717) is 0 Å².